The van der Waals surface area contributed by atoms with E-state index < -0.39 is 23.3 Å². The monoisotopic (exact) mass is 586 g/mol. The first-order chi connectivity index (χ1) is 20.4. The lowest BCUT2D eigenvalue weighted by Crippen LogP contribution is -2.35. The van der Waals surface area contributed by atoms with E-state index in [0.29, 0.717) is 12.5 Å². The molecular weight excluding hydrogens is 540 g/mol. The topological polar surface area (TPSA) is 18.5 Å². The Morgan fingerprint density at radius 1 is 0.643 bits per heavy atom. The van der Waals surface area contributed by atoms with Crippen LogP contribution in [0.25, 0.3) is 11.1 Å². The Morgan fingerprint density at radius 2 is 1.17 bits per heavy atom. The average Bonchev–Trinajstić information content (AvgIpc) is 3.01. The van der Waals surface area contributed by atoms with Crippen LogP contribution >= 0.6 is 0 Å². The molecule has 5 rings (SSSR count). The van der Waals surface area contributed by atoms with E-state index in [2.05, 4.69) is 19.1 Å². The summed E-state index contributed by atoms with van der Waals surface area (Å²) in [4.78, 5) is 0. The van der Waals surface area contributed by atoms with Crippen molar-refractivity contribution >= 4 is 0 Å². The molecule has 0 amide bonds. The van der Waals surface area contributed by atoms with Gasteiger partial charge in [0.2, 0.25) is 11.6 Å². The zero-order valence-electron chi connectivity index (χ0n) is 25.2. The maximum Gasteiger partial charge on any atom is 0.201 e. The average molecular weight is 587 g/mol. The number of ether oxygens (including phenoxy) is 2. The van der Waals surface area contributed by atoms with E-state index in [-0.39, 0.29) is 29.2 Å². The Hall–Kier alpha value is -2.50. The fraction of sp³-hybridized carbons (Fsp3) is 0.611. The van der Waals surface area contributed by atoms with E-state index in [4.69, 9.17) is 9.47 Å². The number of halogens is 4. The van der Waals surface area contributed by atoms with Crippen molar-refractivity contribution in [2.45, 2.75) is 90.9 Å². The molecule has 3 fully saturated rings. The highest BCUT2D eigenvalue weighted by atomic mass is 19.2. The van der Waals surface area contributed by atoms with E-state index in [0.717, 1.165) is 42.4 Å². The second-order valence-corrected chi connectivity index (χ2v) is 12.9. The van der Waals surface area contributed by atoms with Crippen LogP contribution in [0.4, 0.5) is 17.6 Å². The van der Waals surface area contributed by atoms with Crippen LogP contribution in [0.3, 0.4) is 0 Å². The molecule has 0 bridgehead atoms. The molecule has 230 valence electrons. The Morgan fingerprint density at radius 3 is 1.79 bits per heavy atom. The van der Waals surface area contributed by atoms with Crippen LogP contribution in [0, 0.1) is 58.8 Å². The summed E-state index contributed by atoms with van der Waals surface area (Å²) in [6.45, 7) is 4.25. The predicted octanol–water partition coefficient (Wildman–Crippen LogP) is 10.7. The molecule has 0 heterocycles. The van der Waals surface area contributed by atoms with Gasteiger partial charge in [-0.1, -0.05) is 18.6 Å². The fourth-order valence-electron chi connectivity index (χ4n) is 8.10. The molecule has 2 aromatic carbocycles. The molecule has 0 spiro atoms. The van der Waals surface area contributed by atoms with Crippen LogP contribution in [0.2, 0.25) is 0 Å². The van der Waals surface area contributed by atoms with Crippen molar-refractivity contribution in [3.05, 3.63) is 59.7 Å². The highest BCUT2D eigenvalue weighted by molar-refractivity contribution is 5.67. The predicted molar refractivity (Wildman–Crippen MR) is 160 cm³/mol. The number of hydrogen-bond acceptors (Lipinski definition) is 2. The van der Waals surface area contributed by atoms with Gasteiger partial charge in [-0.3, -0.25) is 0 Å². The second-order valence-electron chi connectivity index (χ2n) is 12.9. The summed E-state index contributed by atoms with van der Waals surface area (Å²) in [5.74, 6) is -0.697. The minimum Gasteiger partial charge on any atom is -0.491 e. The van der Waals surface area contributed by atoms with Crippen molar-refractivity contribution in [2.24, 2.45) is 35.5 Å². The number of rotatable bonds is 10. The number of hydrogen-bond donors (Lipinski definition) is 0. The molecule has 4 unspecified atom stereocenters. The van der Waals surface area contributed by atoms with Crippen LogP contribution in [-0.4, -0.2) is 13.2 Å². The first-order valence-electron chi connectivity index (χ1n) is 16.2. The third kappa shape index (κ3) is 7.00. The Kier molecular flexibility index (Phi) is 10.5. The molecule has 0 aliphatic heterocycles. The lowest BCUT2D eigenvalue weighted by atomic mass is 9.60. The quantitative estimate of drug-likeness (QED) is 0.204. The van der Waals surface area contributed by atoms with E-state index in [1.54, 1.807) is 6.92 Å². The van der Waals surface area contributed by atoms with E-state index in [1.807, 2.05) is 0 Å². The first kappa shape index (κ1) is 30.9. The third-order valence-electron chi connectivity index (χ3n) is 10.5. The number of benzene rings is 2. The fourth-order valence-corrected chi connectivity index (χ4v) is 8.10. The number of allylic oxidation sites excluding steroid dienone is 2. The second kappa shape index (κ2) is 14.3. The Labute approximate surface area is 248 Å². The van der Waals surface area contributed by atoms with Crippen LogP contribution in [-0.2, 0) is 0 Å². The molecule has 2 nitrogen and oxygen atoms in total. The molecule has 4 atom stereocenters. The molecule has 3 aliphatic carbocycles. The molecule has 3 aliphatic rings. The van der Waals surface area contributed by atoms with Gasteiger partial charge in [-0.25, -0.2) is 8.78 Å². The highest BCUT2D eigenvalue weighted by Crippen LogP contribution is 2.49. The SMILES string of the molecule is C/C=C/CCC1CCC2CC(C3CCC(COc4ccc(-c5ccc(OCC)c(F)c5F)c(F)c4F)CC3)CCC2C1. The maximum atomic E-state index is 15.0. The minimum atomic E-state index is -1.27. The molecule has 0 saturated heterocycles. The van der Waals surface area contributed by atoms with Gasteiger partial charge in [0.05, 0.1) is 13.2 Å². The molecule has 0 N–H and O–H groups in total. The van der Waals surface area contributed by atoms with Gasteiger partial charge in [-0.05, 0) is 144 Å². The van der Waals surface area contributed by atoms with Gasteiger partial charge in [0.1, 0.15) is 0 Å². The lowest BCUT2D eigenvalue weighted by Gasteiger charge is -2.45. The molecule has 6 heteroatoms. The standard InChI is InChI=1S/C36H46F4O2/c1-3-5-6-7-23-8-13-28-21-27(15-14-26(28)20-23)25-11-9-24(10-12-25)22-42-32-19-17-30(34(38)36(32)40)29-16-18-31(41-4-2)35(39)33(29)37/h3,5,16-19,23-28H,4,6-15,20-22H2,1-2H3/b5-3+. The van der Waals surface area contributed by atoms with Crippen LogP contribution in [0.1, 0.15) is 90.9 Å². The van der Waals surface area contributed by atoms with Crippen molar-refractivity contribution < 1.29 is 27.0 Å². The van der Waals surface area contributed by atoms with Gasteiger partial charge in [-0.15, -0.1) is 0 Å². The summed E-state index contributed by atoms with van der Waals surface area (Å²) in [7, 11) is 0. The van der Waals surface area contributed by atoms with Crippen molar-refractivity contribution in [1.82, 2.24) is 0 Å². The van der Waals surface area contributed by atoms with Crippen LogP contribution in [0.15, 0.2) is 36.4 Å². The zero-order valence-corrected chi connectivity index (χ0v) is 25.2. The smallest absolute Gasteiger partial charge is 0.201 e. The van der Waals surface area contributed by atoms with Gasteiger partial charge < -0.3 is 9.47 Å². The summed E-state index contributed by atoms with van der Waals surface area (Å²) in [5, 5.41) is 0. The van der Waals surface area contributed by atoms with Gasteiger partial charge >= 0.3 is 0 Å². The van der Waals surface area contributed by atoms with Gasteiger partial charge in [0.15, 0.2) is 23.1 Å². The van der Waals surface area contributed by atoms with Gasteiger partial charge in [0.25, 0.3) is 0 Å². The summed E-state index contributed by atoms with van der Waals surface area (Å²) >= 11 is 0. The summed E-state index contributed by atoms with van der Waals surface area (Å²) in [6.07, 6.45) is 19.9. The van der Waals surface area contributed by atoms with Crippen molar-refractivity contribution in [1.29, 1.82) is 0 Å². The lowest BCUT2D eigenvalue weighted by molar-refractivity contribution is 0.0547. The summed E-state index contributed by atoms with van der Waals surface area (Å²) in [5.41, 5.74) is -0.708. The minimum absolute atomic E-state index is 0.159. The van der Waals surface area contributed by atoms with Crippen molar-refractivity contribution in [3.8, 4) is 22.6 Å². The van der Waals surface area contributed by atoms with Crippen LogP contribution in [0.5, 0.6) is 11.5 Å². The van der Waals surface area contributed by atoms with Gasteiger partial charge in [0, 0.05) is 11.1 Å². The molecule has 2 aromatic rings. The summed E-state index contributed by atoms with van der Waals surface area (Å²) < 4.78 is 69.6. The molecule has 0 aromatic heterocycles. The molecule has 3 saturated carbocycles. The maximum absolute atomic E-state index is 15.0. The van der Waals surface area contributed by atoms with Crippen molar-refractivity contribution in [3.63, 3.8) is 0 Å². The summed E-state index contributed by atoms with van der Waals surface area (Å²) in [6, 6.07) is 4.97. The third-order valence-corrected chi connectivity index (χ3v) is 10.5. The Balaban J connectivity index is 1.10. The largest absolute Gasteiger partial charge is 0.491 e. The molecule has 42 heavy (non-hydrogen) atoms. The highest BCUT2D eigenvalue weighted by Gasteiger charge is 2.38. The van der Waals surface area contributed by atoms with E-state index in [1.165, 1.54) is 88.5 Å². The molecular formula is C36H46F4O2. The normalized spacial score (nSPS) is 28.0. The van der Waals surface area contributed by atoms with Crippen LogP contribution < -0.4 is 9.47 Å². The van der Waals surface area contributed by atoms with Gasteiger partial charge in [-0.2, -0.15) is 8.78 Å². The molecule has 0 radical (unpaired) electrons. The van der Waals surface area contributed by atoms with E-state index in [9.17, 15) is 17.6 Å². The number of fused-ring (bicyclic) bond motifs is 1. The van der Waals surface area contributed by atoms with Crippen molar-refractivity contribution in [2.75, 3.05) is 13.2 Å². The Bertz CT molecular complexity index is 1220. The van der Waals surface area contributed by atoms with E-state index >= 15 is 0 Å². The zero-order chi connectivity index (χ0) is 29.6. The first-order valence-corrected chi connectivity index (χ1v) is 16.2.